The van der Waals surface area contributed by atoms with Crippen molar-refractivity contribution < 1.29 is 13.9 Å². The van der Waals surface area contributed by atoms with Gasteiger partial charge in [-0.15, -0.1) is 0 Å². The van der Waals surface area contributed by atoms with Crippen LogP contribution in [-0.2, 0) is 0 Å². The summed E-state index contributed by atoms with van der Waals surface area (Å²) in [5.41, 5.74) is 4.98. The molecule has 0 aliphatic rings. The number of halogens is 2. The van der Waals surface area contributed by atoms with Crippen LogP contribution in [0, 0.1) is 5.82 Å². The van der Waals surface area contributed by atoms with E-state index in [1.807, 2.05) is 0 Å². The molecule has 0 saturated carbocycles. The molecule has 0 bridgehead atoms. The zero-order valence-corrected chi connectivity index (χ0v) is 13.3. The number of unbranched alkanes of at least 4 members (excludes halogenated alkanes) is 5. The normalized spacial score (nSPS) is 10.6. The minimum absolute atomic E-state index is 0.0792. The van der Waals surface area contributed by atoms with Gasteiger partial charge in [0.2, 0.25) is 0 Å². The van der Waals surface area contributed by atoms with Crippen LogP contribution in [0.5, 0.6) is 5.75 Å². The molecule has 0 heterocycles. The van der Waals surface area contributed by atoms with Gasteiger partial charge < -0.3 is 10.5 Å². The standard InChI is InChI=1S/C15H21BrFNO2/c1-2-3-4-5-6-7-10-20-12-9-8-11(16)13(14(12)17)15(18)19/h8-9H,2-7,10H2,1H3,(H2,18,19). The summed E-state index contributed by atoms with van der Waals surface area (Å²) in [7, 11) is 0. The van der Waals surface area contributed by atoms with Gasteiger partial charge in [-0.3, -0.25) is 4.79 Å². The van der Waals surface area contributed by atoms with Gasteiger partial charge in [-0.05, 0) is 34.5 Å². The molecule has 0 atom stereocenters. The van der Waals surface area contributed by atoms with Gasteiger partial charge in [-0.25, -0.2) is 4.39 Å². The van der Waals surface area contributed by atoms with Crippen LogP contribution in [0.2, 0.25) is 0 Å². The van der Waals surface area contributed by atoms with E-state index in [0.717, 1.165) is 12.8 Å². The SMILES string of the molecule is CCCCCCCCOc1ccc(Br)c(C(N)=O)c1F. The van der Waals surface area contributed by atoms with Gasteiger partial charge in [0.1, 0.15) is 0 Å². The van der Waals surface area contributed by atoms with Crippen LogP contribution in [0.1, 0.15) is 55.8 Å². The fourth-order valence-corrected chi connectivity index (χ4v) is 2.44. The van der Waals surface area contributed by atoms with Crippen molar-refractivity contribution in [2.75, 3.05) is 6.61 Å². The molecule has 0 spiro atoms. The maximum atomic E-state index is 14.0. The second-order valence-corrected chi connectivity index (χ2v) is 5.57. The number of carbonyl (C=O) groups excluding carboxylic acids is 1. The van der Waals surface area contributed by atoms with Gasteiger partial charge in [0, 0.05) is 4.47 Å². The average molecular weight is 346 g/mol. The second kappa shape index (κ2) is 8.95. The third-order valence-corrected chi connectivity index (χ3v) is 3.72. The summed E-state index contributed by atoms with van der Waals surface area (Å²) in [5, 5.41) is 0. The first-order valence-corrected chi connectivity index (χ1v) is 7.77. The van der Waals surface area contributed by atoms with Crippen molar-refractivity contribution in [2.45, 2.75) is 45.4 Å². The number of carbonyl (C=O) groups is 1. The van der Waals surface area contributed by atoms with Crippen molar-refractivity contribution in [3.8, 4) is 5.75 Å². The van der Waals surface area contributed by atoms with E-state index in [1.165, 1.54) is 31.7 Å². The summed E-state index contributed by atoms with van der Waals surface area (Å²) in [5.74, 6) is -1.42. The summed E-state index contributed by atoms with van der Waals surface area (Å²) < 4.78 is 19.7. The zero-order chi connectivity index (χ0) is 15.0. The number of primary amides is 1. The monoisotopic (exact) mass is 345 g/mol. The Morgan fingerprint density at radius 3 is 2.55 bits per heavy atom. The molecular weight excluding hydrogens is 325 g/mol. The minimum Gasteiger partial charge on any atom is -0.490 e. The molecule has 2 N–H and O–H groups in total. The van der Waals surface area contributed by atoms with Gasteiger partial charge in [0.15, 0.2) is 11.6 Å². The van der Waals surface area contributed by atoms with Crippen LogP contribution < -0.4 is 10.5 Å². The molecule has 1 aromatic carbocycles. The number of amides is 1. The molecule has 0 aliphatic carbocycles. The van der Waals surface area contributed by atoms with Gasteiger partial charge in [-0.1, -0.05) is 39.0 Å². The maximum absolute atomic E-state index is 14.0. The predicted octanol–water partition coefficient (Wildman–Crippen LogP) is 4.43. The molecule has 0 fully saturated rings. The fraction of sp³-hybridized carbons (Fsp3) is 0.533. The van der Waals surface area contributed by atoms with Crippen molar-refractivity contribution in [3.05, 3.63) is 28.0 Å². The summed E-state index contributed by atoms with van der Waals surface area (Å²) >= 11 is 3.10. The van der Waals surface area contributed by atoms with Crippen LogP contribution >= 0.6 is 15.9 Å². The third kappa shape index (κ3) is 5.12. The first-order chi connectivity index (χ1) is 9.57. The lowest BCUT2D eigenvalue weighted by Gasteiger charge is -2.10. The number of nitrogens with two attached hydrogens (primary N) is 1. The zero-order valence-electron chi connectivity index (χ0n) is 11.8. The van der Waals surface area contributed by atoms with Crippen LogP contribution in [0.4, 0.5) is 4.39 Å². The Morgan fingerprint density at radius 2 is 1.90 bits per heavy atom. The molecule has 3 nitrogen and oxygen atoms in total. The van der Waals surface area contributed by atoms with Gasteiger partial charge in [0.25, 0.3) is 5.91 Å². The van der Waals surface area contributed by atoms with Crippen molar-refractivity contribution in [1.82, 2.24) is 0 Å². The molecule has 0 unspecified atom stereocenters. The minimum atomic E-state index is -0.806. The maximum Gasteiger partial charge on any atom is 0.252 e. The number of ether oxygens (including phenoxy) is 1. The first kappa shape index (κ1) is 17.0. The Hall–Kier alpha value is -1.10. The van der Waals surface area contributed by atoms with E-state index in [-0.39, 0.29) is 11.3 Å². The Morgan fingerprint density at radius 1 is 1.25 bits per heavy atom. The molecule has 0 saturated heterocycles. The second-order valence-electron chi connectivity index (χ2n) is 4.71. The number of hydrogen-bond acceptors (Lipinski definition) is 2. The third-order valence-electron chi connectivity index (χ3n) is 3.06. The molecule has 112 valence electrons. The van der Waals surface area contributed by atoms with Crippen LogP contribution in [0.25, 0.3) is 0 Å². The number of rotatable bonds is 9. The van der Waals surface area contributed by atoms with Crippen molar-refractivity contribution in [2.24, 2.45) is 5.73 Å². The summed E-state index contributed by atoms with van der Waals surface area (Å²) in [6.07, 6.45) is 6.83. The summed E-state index contributed by atoms with van der Waals surface area (Å²) in [4.78, 5) is 11.2. The highest BCUT2D eigenvalue weighted by Gasteiger charge is 2.17. The Bertz CT molecular complexity index is 452. The van der Waals surface area contributed by atoms with Crippen LogP contribution in [0.15, 0.2) is 16.6 Å². The van der Waals surface area contributed by atoms with E-state index < -0.39 is 11.7 Å². The lowest BCUT2D eigenvalue weighted by atomic mass is 10.1. The van der Waals surface area contributed by atoms with E-state index in [2.05, 4.69) is 22.9 Å². The van der Waals surface area contributed by atoms with Crippen LogP contribution in [-0.4, -0.2) is 12.5 Å². The molecule has 0 aromatic heterocycles. The summed E-state index contributed by atoms with van der Waals surface area (Å²) in [6, 6.07) is 3.07. The lowest BCUT2D eigenvalue weighted by molar-refractivity contribution is 0.0994. The molecule has 0 aliphatic heterocycles. The fourth-order valence-electron chi connectivity index (χ4n) is 1.94. The average Bonchev–Trinajstić information content (AvgIpc) is 2.39. The first-order valence-electron chi connectivity index (χ1n) is 6.98. The van der Waals surface area contributed by atoms with Crippen molar-refractivity contribution in [3.63, 3.8) is 0 Å². The van der Waals surface area contributed by atoms with Crippen molar-refractivity contribution in [1.29, 1.82) is 0 Å². The van der Waals surface area contributed by atoms with Crippen LogP contribution in [0.3, 0.4) is 0 Å². The molecule has 1 rings (SSSR count). The highest BCUT2D eigenvalue weighted by atomic mass is 79.9. The van der Waals surface area contributed by atoms with E-state index >= 15 is 0 Å². The highest BCUT2D eigenvalue weighted by Crippen LogP contribution is 2.27. The van der Waals surface area contributed by atoms with Gasteiger partial charge >= 0.3 is 0 Å². The molecule has 1 aromatic rings. The Labute approximate surface area is 127 Å². The van der Waals surface area contributed by atoms with Crippen molar-refractivity contribution >= 4 is 21.8 Å². The van der Waals surface area contributed by atoms with E-state index in [1.54, 1.807) is 6.07 Å². The largest absolute Gasteiger partial charge is 0.490 e. The lowest BCUT2D eigenvalue weighted by Crippen LogP contribution is -2.15. The predicted molar refractivity (Wildman–Crippen MR) is 81.5 cm³/mol. The van der Waals surface area contributed by atoms with E-state index in [0.29, 0.717) is 11.1 Å². The molecular formula is C15H21BrFNO2. The van der Waals surface area contributed by atoms with Gasteiger partial charge in [-0.2, -0.15) is 0 Å². The molecule has 0 radical (unpaired) electrons. The smallest absolute Gasteiger partial charge is 0.252 e. The Kier molecular flexibility index (Phi) is 7.59. The topological polar surface area (TPSA) is 52.3 Å². The van der Waals surface area contributed by atoms with E-state index in [9.17, 15) is 9.18 Å². The quantitative estimate of drug-likeness (QED) is 0.673. The Balaban J connectivity index is 2.45. The molecule has 20 heavy (non-hydrogen) atoms. The molecule has 5 heteroatoms. The van der Waals surface area contributed by atoms with E-state index in [4.69, 9.17) is 10.5 Å². The highest BCUT2D eigenvalue weighted by molar-refractivity contribution is 9.10. The molecule has 1 amide bonds. The number of hydrogen-bond donors (Lipinski definition) is 1. The van der Waals surface area contributed by atoms with Gasteiger partial charge in [0.05, 0.1) is 12.2 Å². The number of benzene rings is 1. The summed E-state index contributed by atoms with van der Waals surface area (Å²) in [6.45, 7) is 2.62.